The molecule has 0 saturated carbocycles. The first-order valence-electron chi connectivity index (χ1n) is 9.13. The van der Waals surface area contributed by atoms with Gasteiger partial charge in [-0.2, -0.15) is 0 Å². The molecule has 8 heteroatoms. The number of nitrogens with one attached hydrogen (secondary N) is 2. The molecule has 0 unspecified atom stereocenters. The topological polar surface area (TPSA) is 76.0 Å². The van der Waals surface area contributed by atoms with Gasteiger partial charge < -0.3 is 15.2 Å². The first kappa shape index (κ1) is 21.1. The number of amides is 2. The van der Waals surface area contributed by atoms with E-state index in [4.69, 9.17) is 23.2 Å². The average molecular weight is 433 g/mol. The van der Waals surface area contributed by atoms with Crippen LogP contribution in [-0.2, 0) is 16.1 Å². The number of hydrogen-bond donors (Lipinski definition) is 2. The Hall–Kier alpha value is -2.57. The van der Waals surface area contributed by atoms with Crippen LogP contribution in [0.1, 0.15) is 20.8 Å². The third-order valence-corrected chi connectivity index (χ3v) is 4.93. The highest BCUT2D eigenvalue weighted by Crippen LogP contribution is 2.34. The summed E-state index contributed by atoms with van der Waals surface area (Å²) in [5.41, 5.74) is 1.79. The maximum absolute atomic E-state index is 12.6. The molecule has 3 rings (SSSR count). The zero-order chi connectivity index (χ0) is 21.2. The SMILES string of the molecule is CC(C)(C)NC(=O)CNC(=O)Cn1c(-c2cccc(Cl)c2Cl)nc2ccccc21. The highest BCUT2D eigenvalue weighted by atomic mass is 35.5. The largest absolute Gasteiger partial charge is 0.350 e. The molecule has 0 radical (unpaired) electrons. The van der Waals surface area contributed by atoms with Gasteiger partial charge in [0.2, 0.25) is 11.8 Å². The molecule has 0 atom stereocenters. The van der Waals surface area contributed by atoms with E-state index in [0.29, 0.717) is 21.4 Å². The van der Waals surface area contributed by atoms with Crippen molar-refractivity contribution in [2.24, 2.45) is 0 Å². The molecule has 0 aliphatic carbocycles. The van der Waals surface area contributed by atoms with E-state index >= 15 is 0 Å². The molecule has 1 heterocycles. The summed E-state index contributed by atoms with van der Waals surface area (Å²) in [6.45, 7) is 5.53. The summed E-state index contributed by atoms with van der Waals surface area (Å²) in [6.07, 6.45) is 0. The van der Waals surface area contributed by atoms with Gasteiger partial charge in [-0.15, -0.1) is 0 Å². The van der Waals surface area contributed by atoms with Crippen LogP contribution in [0.2, 0.25) is 10.0 Å². The molecule has 6 nitrogen and oxygen atoms in total. The Balaban J connectivity index is 1.88. The van der Waals surface area contributed by atoms with Crippen LogP contribution in [0.3, 0.4) is 0 Å². The molecule has 152 valence electrons. The van der Waals surface area contributed by atoms with Crippen molar-refractivity contribution in [3.63, 3.8) is 0 Å². The molecule has 0 fully saturated rings. The van der Waals surface area contributed by atoms with Crippen molar-refractivity contribution in [1.82, 2.24) is 20.2 Å². The number of imidazole rings is 1. The van der Waals surface area contributed by atoms with Crippen molar-refractivity contribution >= 4 is 46.0 Å². The molecule has 3 aromatic rings. The lowest BCUT2D eigenvalue weighted by molar-refractivity contribution is -0.127. The van der Waals surface area contributed by atoms with Gasteiger partial charge in [-0.05, 0) is 45.0 Å². The van der Waals surface area contributed by atoms with Crippen LogP contribution >= 0.6 is 23.2 Å². The number of carbonyl (C=O) groups excluding carboxylic acids is 2. The predicted molar refractivity (Wildman–Crippen MR) is 116 cm³/mol. The smallest absolute Gasteiger partial charge is 0.240 e. The van der Waals surface area contributed by atoms with Crippen LogP contribution in [0.25, 0.3) is 22.4 Å². The number of fused-ring (bicyclic) bond motifs is 1. The van der Waals surface area contributed by atoms with E-state index in [9.17, 15) is 9.59 Å². The van der Waals surface area contributed by atoms with Crippen LogP contribution in [0, 0.1) is 0 Å². The van der Waals surface area contributed by atoms with E-state index in [1.807, 2.05) is 45.0 Å². The van der Waals surface area contributed by atoms with Gasteiger partial charge >= 0.3 is 0 Å². The molecule has 0 spiro atoms. The number of rotatable bonds is 5. The minimum atomic E-state index is -0.362. The van der Waals surface area contributed by atoms with Gasteiger partial charge in [0, 0.05) is 11.1 Å². The molecule has 0 bridgehead atoms. The van der Waals surface area contributed by atoms with Crippen LogP contribution < -0.4 is 10.6 Å². The standard InChI is InChI=1S/C21H22Cl2N4O2/c1-21(2,3)26-17(28)11-24-18(29)12-27-16-10-5-4-9-15(16)25-20(27)13-7-6-8-14(22)19(13)23/h4-10H,11-12H2,1-3H3,(H,24,29)(H,26,28). The number of nitrogens with zero attached hydrogens (tertiary/aromatic N) is 2. The predicted octanol–water partition coefficient (Wildman–Crippen LogP) is 4.04. The summed E-state index contributed by atoms with van der Waals surface area (Å²) in [4.78, 5) is 29.2. The van der Waals surface area contributed by atoms with Gasteiger partial charge in [-0.3, -0.25) is 9.59 Å². The van der Waals surface area contributed by atoms with Gasteiger partial charge in [0.25, 0.3) is 0 Å². The number of carbonyl (C=O) groups is 2. The Morgan fingerprint density at radius 1 is 1.03 bits per heavy atom. The third-order valence-electron chi connectivity index (χ3n) is 4.11. The van der Waals surface area contributed by atoms with Crippen LogP contribution in [0.4, 0.5) is 0 Å². The maximum Gasteiger partial charge on any atom is 0.240 e. The number of halogens is 2. The lowest BCUT2D eigenvalue weighted by atomic mass is 10.1. The Kier molecular flexibility index (Phi) is 6.15. The van der Waals surface area contributed by atoms with Crippen LogP contribution in [-0.4, -0.2) is 33.4 Å². The summed E-state index contributed by atoms with van der Waals surface area (Å²) >= 11 is 12.6. The average Bonchev–Trinajstić information content (AvgIpc) is 2.99. The van der Waals surface area contributed by atoms with Crippen molar-refractivity contribution in [3.05, 3.63) is 52.5 Å². The minimum absolute atomic E-state index is 0.0124. The van der Waals surface area contributed by atoms with Gasteiger partial charge in [-0.25, -0.2) is 4.98 Å². The summed E-state index contributed by atoms with van der Waals surface area (Å²) in [6, 6.07) is 12.8. The molecule has 0 aliphatic rings. The molecule has 2 N–H and O–H groups in total. The van der Waals surface area contributed by atoms with Crippen molar-refractivity contribution in [1.29, 1.82) is 0 Å². The first-order valence-corrected chi connectivity index (χ1v) is 9.88. The quantitative estimate of drug-likeness (QED) is 0.638. The first-order chi connectivity index (χ1) is 13.7. The molecular weight excluding hydrogens is 411 g/mol. The summed E-state index contributed by atoms with van der Waals surface area (Å²) in [5.74, 6) is -0.0240. The number of aromatic nitrogens is 2. The molecule has 0 aliphatic heterocycles. The molecule has 0 saturated heterocycles. The fourth-order valence-corrected chi connectivity index (χ4v) is 3.34. The number of para-hydroxylation sites is 2. The third kappa shape index (κ3) is 5.08. The lowest BCUT2D eigenvalue weighted by Crippen LogP contribution is -2.46. The minimum Gasteiger partial charge on any atom is -0.350 e. The van der Waals surface area contributed by atoms with E-state index < -0.39 is 0 Å². The molecule has 1 aromatic heterocycles. The molecule has 29 heavy (non-hydrogen) atoms. The van der Waals surface area contributed by atoms with Gasteiger partial charge in [-0.1, -0.05) is 41.4 Å². The number of hydrogen-bond acceptors (Lipinski definition) is 3. The Morgan fingerprint density at radius 3 is 2.48 bits per heavy atom. The van der Waals surface area contributed by atoms with Crippen LogP contribution in [0.5, 0.6) is 0 Å². The zero-order valence-corrected chi connectivity index (χ0v) is 17.9. The van der Waals surface area contributed by atoms with E-state index in [2.05, 4.69) is 15.6 Å². The van der Waals surface area contributed by atoms with E-state index in [-0.39, 0.29) is 30.4 Å². The number of benzene rings is 2. The van der Waals surface area contributed by atoms with Crippen molar-refractivity contribution in [3.8, 4) is 11.4 Å². The van der Waals surface area contributed by atoms with Crippen molar-refractivity contribution in [2.45, 2.75) is 32.9 Å². The highest BCUT2D eigenvalue weighted by Gasteiger charge is 2.19. The Bertz CT molecular complexity index is 1070. The van der Waals surface area contributed by atoms with E-state index in [0.717, 1.165) is 11.0 Å². The molecule has 2 aromatic carbocycles. The monoisotopic (exact) mass is 432 g/mol. The Labute approximate surface area is 179 Å². The fraction of sp³-hybridized carbons (Fsp3) is 0.286. The molecule has 2 amide bonds. The second-order valence-corrected chi connectivity index (χ2v) is 8.47. The van der Waals surface area contributed by atoms with Gasteiger partial charge in [0.1, 0.15) is 12.4 Å². The summed E-state index contributed by atoms with van der Waals surface area (Å²) in [5, 5.41) is 6.24. The van der Waals surface area contributed by atoms with E-state index in [1.165, 1.54) is 0 Å². The van der Waals surface area contributed by atoms with Gasteiger partial charge in [0.15, 0.2) is 0 Å². The fourth-order valence-electron chi connectivity index (χ4n) is 2.96. The second kappa shape index (κ2) is 8.43. The summed E-state index contributed by atoms with van der Waals surface area (Å²) in [7, 11) is 0. The van der Waals surface area contributed by atoms with Crippen molar-refractivity contribution < 1.29 is 9.59 Å². The zero-order valence-electron chi connectivity index (χ0n) is 16.4. The maximum atomic E-state index is 12.6. The molecular formula is C21H22Cl2N4O2. The van der Waals surface area contributed by atoms with Crippen molar-refractivity contribution in [2.75, 3.05) is 6.54 Å². The van der Waals surface area contributed by atoms with E-state index in [1.54, 1.807) is 22.8 Å². The normalized spacial score (nSPS) is 11.5. The highest BCUT2D eigenvalue weighted by molar-refractivity contribution is 6.43. The summed E-state index contributed by atoms with van der Waals surface area (Å²) < 4.78 is 1.77. The van der Waals surface area contributed by atoms with Gasteiger partial charge in [0.05, 0.1) is 27.6 Å². The second-order valence-electron chi connectivity index (χ2n) is 7.69. The lowest BCUT2D eigenvalue weighted by Gasteiger charge is -2.20. The van der Waals surface area contributed by atoms with Crippen LogP contribution in [0.15, 0.2) is 42.5 Å². The Morgan fingerprint density at radius 2 is 1.76 bits per heavy atom.